The molecule has 1 spiro atoms. The van der Waals surface area contributed by atoms with Gasteiger partial charge in [-0.25, -0.2) is 0 Å². The molecule has 2 saturated heterocycles. The number of nitrogen functional groups attached to an aromatic ring is 1. The van der Waals surface area contributed by atoms with Crippen molar-refractivity contribution in [2.24, 2.45) is 0 Å². The number of nitrogens with zero attached hydrogens (tertiary/aromatic N) is 2. The molecule has 0 saturated carbocycles. The first-order chi connectivity index (χ1) is 16.9. The molecule has 0 unspecified atom stereocenters. The Morgan fingerprint density at radius 3 is 2.60 bits per heavy atom. The van der Waals surface area contributed by atoms with Crippen LogP contribution in [0.5, 0.6) is 11.5 Å². The summed E-state index contributed by atoms with van der Waals surface area (Å²) in [5.74, 6) is 0.595. The number of likely N-dealkylation sites (tertiary alicyclic amines) is 1. The number of carbonyl (C=O) groups is 2. The lowest BCUT2D eigenvalue weighted by Crippen LogP contribution is -2.61. The summed E-state index contributed by atoms with van der Waals surface area (Å²) >= 11 is 0. The maximum atomic E-state index is 13.2. The van der Waals surface area contributed by atoms with Gasteiger partial charge < -0.3 is 40.5 Å². The topological polar surface area (TPSA) is 130 Å². The summed E-state index contributed by atoms with van der Waals surface area (Å²) in [5, 5.41) is 10.6. The van der Waals surface area contributed by atoms with Crippen molar-refractivity contribution in [1.29, 1.82) is 5.41 Å². The minimum atomic E-state index is -0.845. The Balaban J connectivity index is 1.29. The molecule has 2 fully saturated rings. The van der Waals surface area contributed by atoms with Crippen molar-refractivity contribution in [3.05, 3.63) is 47.0 Å². The van der Waals surface area contributed by atoms with Gasteiger partial charge >= 0.3 is 0 Å². The number of hydrogen-bond donors (Lipinski definition) is 3. The van der Waals surface area contributed by atoms with Crippen LogP contribution in [0.4, 0.5) is 11.4 Å². The number of morpholine rings is 1. The molecule has 0 aliphatic carbocycles. The summed E-state index contributed by atoms with van der Waals surface area (Å²) in [6.45, 7) is 3.74. The van der Waals surface area contributed by atoms with Gasteiger partial charge in [0.2, 0.25) is 0 Å². The number of carbonyl (C=O) groups excluding carboxylic acids is 2. The van der Waals surface area contributed by atoms with E-state index in [0.29, 0.717) is 73.0 Å². The Hall–Kier alpha value is -3.79. The molecule has 3 aliphatic rings. The monoisotopic (exact) mass is 479 g/mol. The summed E-state index contributed by atoms with van der Waals surface area (Å²) in [4.78, 5) is 30.1. The molecule has 5 rings (SSSR count). The number of ether oxygens (including phenoxy) is 3. The summed E-state index contributed by atoms with van der Waals surface area (Å²) in [5.41, 5.74) is 7.83. The molecule has 10 heteroatoms. The van der Waals surface area contributed by atoms with Crippen LogP contribution in [-0.2, 0) is 4.74 Å². The van der Waals surface area contributed by atoms with Crippen molar-refractivity contribution in [2.45, 2.75) is 18.6 Å². The molecular formula is C25H29N5O5. The lowest BCUT2D eigenvalue weighted by molar-refractivity contribution is -0.0245. The first-order valence-electron chi connectivity index (χ1n) is 11.7. The second-order valence-corrected chi connectivity index (χ2v) is 8.95. The van der Waals surface area contributed by atoms with E-state index < -0.39 is 5.72 Å². The number of nitrogens with two attached hydrogens (primary N) is 1. The summed E-state index contributed by atoms with van der Waals surface area (Å²) in [6, 6.07) is 8.88. The van der Waals surface area contributed by atoms with Gasteiger partial charge in [0.1, 0.15) is 11.5 Å². The Morgan fingerprint density at radius 2 is 1.91 bits per heavy atom. The molecule has 2 amide bonds. The molecule has 3 aliphatic heterocycles. The van der Waals surface area contributed by atoms with Crippen LogP contribution in [0.25, 0.3) is 0 Å². The fourth-order valence-electron chi connectivity index (χ4n) is 4.89. The van der Waals surface area contributed by atoms with E-state index >= 15 is 0 Å². The average Bonchev–Trinajstić information content (AvgIpc) is 2.88. The second-order valence-electron chi connectivity index (χ2n) is 8.95. The molecule has 0 atom stereocenters. The standard InChI is InChI=1S/C25H29N5O5/c1-33-22-13-16(12-20(27)19(22)15-26)24(32)30-6-4-25(5-7-30)28-23(31)18-14-17(2-3-21(18)35-25)29-8-10-34-11-9-29/h2-3,12-15,26H,4-11,27H2,1H3,(H,28,31). The number of anilines is 2. The van der Waals surface area contributed by atoms with Crippen LogP contribution in [-0.4, -0.2) is 75.2 Å². The molecule has 184 valence electrons. The molecule has 2 aromatic rings. The highest BCUT2D eigenvalue weighted by atomic mass is 16.5. The molecule has 3 heterocycles. The number of hydrogen-bond acceptors (Lipinski definition) is 8. The maximum absolute atomic E-state index is 13.2. The zero-order chi connectivity index (χ0) is 24.6. The minimum Gasteiger partial charge on any atom is -0.496 e. The SMILES string of the molecule is COc1cc(C(=O)N2CCC3(CC2)NC(=O)c2cc(N4CCOCC4)ccc2O3)cc(N)c1C=N. The van der Waals surface area contributed by atoms with Gasteiger partial charge in [0.05, 0.1) is 31.5 Å². The quantitative estimate of drug-likeness (QED) is 0.451. The average molecular weight is 480 g/mol. The van der Waals surface area contributed by atoms with E-state index in [9.17, 15) is 9.59 Å². The molecule has 35 heavy (non-hydrogen) atoms. The Kier molecular flexibility index (Phi) is 5.98. The van der Waals surface area contributed by atoms with Crippen molar-refractivity contribution in [3.63, 3.8) is 0 Å². The molecule has 4 N–H and O–H groups in total. The number of piperidine rings is 1. The van der Waals surface area contributed by atoms with Crippen molar-refractivity contribution >= 4 is 29.4 Å². The van der Waals surface area contributed by atoms with Crippen LogP contribution in [0.15, 0.2) is 30.3 Å². The summed E-state index contributed by atoms with van der Waals surface area (Å²) < 4.78 is 17.0. The smallest absolute Gasteiger partial charge is 0.258 e. The van der Waals surface area contributed by atoms with Crippen molar-refractivity contribution < 1.29 is 23.8 Å². The lowest BCUT2D eigenvalue weighted by atomic mass is 9.96. The minimum absolute atomic E-state index is 0.166. The van der Waals surface area contributed by atoms with Gasteiger partial charge in [-0.2, -0.15) is 0 Å². The van der Waals surface area contributed by atoms with Crippen LogP contribution in [0, 0.1) is 5.41 Å². The van der Waals surface area contributed by atoms with E-state index in [4.69, 9.17) is 25.4 Å². The maximum Gasteiger partial charge on any atom is 0.258 e. The fourth-order valence-corrected chi connectivity index (χ4v) is 4.89. The van der Waals surface area contributed by atoms with Gasteiger partial charge in [-0.3, -0.25) is 9.59 Å². The normalized spacial score (nSPS) is 18.9. The highest BCUT2D eigenvalue weighted by Gasteiger charge is 2.43. The summed E-state index contributed by atoms with van der Waals surface area (Å²) in [6.07, 6.45) is 2.03. The first kappa shape index (κ1) is 23.0. The predicted octanol–water partition coefficient (Wildman–Crippen LogP) is 1.87. The number of amides is 2. The van der Waals surface area contributed by atoms with Crippen molar-refractivity contribution in [1.82, 2.24) is 10.2 Å². The molecule has 10 nitrogen and oxygen atoms in total. The van der Waals surface area contributed by atoms with Gasteiger partial charge in [0.15, 0.2) is 5.72 Å². The van der Waals surface area contributed by atoms with E-state index in [1.54, 1.807) is 17.0 Å². The van der Waals surface area contributed by atoms with E-state index in [-0.39, 0.29) is 11.8 Å². The molecule has 0 radical (unpaired) electrons. The van der Waals surface area contributed by atoms with Gasteiger partial charge in [-0.15, -0.1) is 0 Å². The van der Waals surface area contributed by atoms with Gasteiger partial charge in [-0.05, 0) is 30.3 Å². The van der Waals surface area contributed by atoms with Gasteiger partial charge in [0, 0.05) is 62.2 Å². The highest BCUT2D eigenvalue weighted by Crippen LogP contribution is 2.36. The molecule has 2 aromatic carbocycles. The van der Waals surface area contributed by atoms with Crippen molar-refractivity contribution in [2.75, 3.05) is 57.1 Å². The van der Waals surface area contributed by atoms with E-state index in [1.807, 2.05) is 18.2 Å². The van der Waals surface area contributed by atoms with Crippen LogP contribution >= 0.6 is 0 Å². The van der Waals surface area contributed by atoms with Gasteiger partial charge in [0.25, 0.3) is 11.8 Å². The Bertz CT molecular complexity index is 1170. The lowest BCUT2D eigenvalue weighted by Gasteiger charge is -2.44. The van der Waals surface area contributed by atoms with Gasteiger partial charge in [-0.1, -0.05) is 0 Å². The molecule has 0 bridgehead atoms. The zero-order valence-corrected chi connectivity index (χ0v) is 19.6. The molecule has 0 aromatic heterocycles. The zero-order valence-electron chi connectivity index (χ0n) is 19.6. The largest absolute Gasteiger partial charge is 0.496 e. The van der Waals surface area contributed by atoms with Crippen LogP contribution < -0.4 is 25.4 Å². The first-order valence-corrected chi connectivity index (χ1v) is 11.7. The number of fused-ring (bicyclic) bond motifs is 1. The predicted molar refractivity (Wildman–Crippen MR) is 131 cm³/mol. The fraction of sp³-hybridized carbons (Fsp3) is 0.400. The summed E-state index contributed by atoms with van der Waals surface area (Å²) in [7, 11) is 1.48. The van der Waals surface area contributed by atoms with Crippen LogP contribution in [0.1, 0.15) is 39.1 Å². The number of benzene rings is 2. The van der Waals surface area contributed by atoms with E-state index in [0.717, 1.165) is 25.0 Å². The van der Waals surface area contributed by atoms with Crippen molar-refractivity contribution in [3.8, 4) is 11.5 Å². The highest BCUT2D eigenvalue weighted by molar-refractivity contribution is 6.00. The molecular weight excluding hydrogens is 450 g/mol. The van der Waals surface area contributed by atoms with E-state index in [2.05, 4.69) is 10.2 Å². The van der Waals surface area contributed by atoms with E-state index in [1.165, 1.54) is 7.11 Å². The van der Waals surface area contributed by atoms with Crippen LogP contribution in [0.2, 0.25) is 0 Å². The third kappa shape index (κ3) is 4.25. The third-order valence-corrected chi connectivity index (χ3v) is 6.87. The third-order valence-electron chi connectivity index (χ3n) is 6.87. The Labute approximate surface area is 203 Å². The van der Waals surface area contributed by atoms with Crippen LogP contribution in [0.3, 0.4) is 0 Å². The Morgan fingerprint density at radius 1 is 1.17 bits per heavy atom. The number of methoxy groups -OCH3 is 1. The number of nitrogens with one attached hydrogen (secondary N) is 2. The second kappa shape index (κ2) is 9.10. The number of rotatable bonds is 4.